The zero-order chi connectivity index (χ0) is 9.26. The third-order valence-electron chi connectivity index (χ3n) is 1.98. The fourth-order valence-electron chi connectivity index (χ4n) is 1.26. The van der Waals surface area contributed by atoms with Crippen LogP contribution in [0.25, 0.3) is 11.0 Å². The standard InChI is InChI=1S/C9H9N3O/c1-10-7-2-8-6(5-13)3-11-9(8)12-4-7/h2-5,10H,1H3,(H,11,12). The van der Waals surface area contributed by atoms with Gasteiger partial charge in [-0.2, -0.15) is 0 Å². The number of pyridine rings is 1. The van der Waals surface area contributed by atoms with Gasteiger partial charge in [0.05, 0.1) is 11.9 Å². The lowest BCUT2D eigenvalue weighted by atomic mass is 10.2. The summed E-state index contributed by atoms with van der Waals surface area (Å²) in [5, 5.41) is 3.82. The van der Waals surface area contributed by atoms with E-state index >= 15 is 0 Å². The highest BCUT2D eigenvalue weighted by molar-refractivity contribution is 5.96. The molecule has 0 saturated heterocycles. The number of aromatic amines is 1. The number of hydrogen-bond acceptors (Lipinski definition) is 3. The molecule has 13 heavy (non-hydrogen) atoms. The van der Waals surface area contributed by atoms with E-state index in [-0.39, 0.29) is 0 Å². The van der Waals surface area contributed by atoms with Crippen molar-refractivity contribution in [3.63, 3.8) is 0 Å². The van der Waals surface area contributed by atoms with Crippen LogP contribution in [0.1, 0.15) is 10.4 Å². The number of nitrogens with one attached hydrogen (secondary N) is 2. The fourth-order valence-corrected chi connectivity index (χ4v) is 1.26. The average molecular weight is 175 g/mol. The summed E-state index contributed by atoms with van der Waals surface area (Å²) in [5.41, 5.74) is 2.27. The van der Waals surface area contributed by atoms with Crippen molar-refractivity contribution < 1.29 is 4.79 Å². The number of anilines is 1. The lowest BCUT2D eigenvalue weighted by molar-refractivity contribution is 0.112. The third kappa shape index (κ3) is 1.16. The molecular formula is C9H9N3O. The van der Waals surface area contributed by atoms with Gasteiger partial charge < -0.3 is 10.3 Å². The minimum Gasteiger partial charge on any atom is -0.387 e. The van der Waals surface area contributed by atoms with Crippen LogP contribution in [0.5, 0.6) is 0 Å². The Labute approximate surface area is 75.0 Å². The average Bonchev–Trinajstić information content (AvgIpc) is 2.59. The molecule has 2 N–H and O–H groups in total. The highest BCUT2D eigenvalue weighted by Gasteiger charge is 2.03. The molecule has 0 amide bonds. The normalized spacial score (nSPS) is 10.2. The zero-order valence-corrected chi connectivity index (χ0v) is 7.16. The van der Waals surface area contributed by atoms with E-state index < -0.39 is 0 Å². The Balaban J connectivity index is 2.71. The van der Waals surface area contributed by atoms with Gasteiger partial charge in [-0.05, 0) is 6.07 Å². The Kier molecular flexibility index (Phi) is 1.73. The van der Waals surface area contributed by atoms with Crippen LogP contribution in [0.15, 0.2) is 18.5 Å². The molecule has 0 aliphatic heterocycles. The Morgan fingerprint density at radius 3 is 3.15 bits per heavy atom. The molecule has 0 saturated carbocycles. The van der Waals surface area contributed by atoms with E-state index in [1.807, 2.05) is 13.1 Å². The quantitative estimate of drug-likeness (QED) is 0.678. The number of aromatic nitrogens is 2. The van der Waals surface area contributed by atoms with E-state index in [4.69, 9.17) is 0 Å². The van der Waals surface area contributed by atoms with Gasteiger partial charge in [0.1, 0.15) is 5.65 Å². The van der Waals surface area contributed by atoms with Gasteiger partial charge in [0.2, 0.25) is 0 Å². The predicted octanol–water partition coefficient (Wildman–Crippen LogP) is 1.42. The molecule has 0 bridgehead atoms. The summed E-state index contributed by atoms with van der Waals surface area (Å²) in [5.74, 6) is 0. The van der Waals surface area contributed by atoms with Crippen LogP contribution in [0.4, 0.5) is 5.69 Å². The molecule has 0 aliphatic rings. The van der Waals surface area contributed by atoms with Gasteiger partial charge in [-0.15, -0.1) is 0 Å². The fraction of sp³-hybridized carbons (Fsp3) is 0.111. The number of carbonyl (C=O) groups is 1. The first kappa shape index (κ1) is 7.79. The highest BCUT2D eigenvalue weighted by Crippen LogP contribution is 2.18. The molecule has 0 spiro atoms. The molecule has 0 atom stereocenters. The monoisotopic (exact) mass is 175 g/mol. The minimum atomic E-state index is 0.639. The lowest BCUT2D eigenvalue weighted by Crippen LogP contribution is -1.89. The first-order valence-electron chi connectivity index (χ1n) is 3.95. The molecule has 66 valence electrons. The lowest BCUT2D eigenvalue weighted by Gasteiger charge is -1.97. The SMILES string of the molecule is CNc1cnc2[nH]cc(C=O)c2c1. The van der Waals surface area contributed by atoms with Crippen LogP contribution in [0, 0.1) is 0 Å². The summed E-state index contributed by atoms with van der Waals surface area (Å²) in [7, 11) is 1.82. The van der Waals surface area contributed by atoms with Crippen molar-refractivity contribution >= 4 is 23.0 Å². The summed E-state index contributed by atoms with van der Waals surface area (Å²) >= 11 is 0. The van der Waals surface area contributed by atoms with Crippen molar-refractivity contribution in [1.29, 1.82) is 0 Å². The molecule has 0 fully saturated rings. The van der Waals surface area contributed by atoms with Gasteiger partial charge in [-0.1, -0.05) is 0 Å². The molecule has 0 radical (unpaired) electrons. The van der Waals surface area contributed by atoms with Crippen LogP contribution in [-0.4, -0.2) is 23.3 Å². The van der Waals surface area contributed by atoms with Crippen LogP contribution in [0.3, 0.4) is 0 Å². The van der Waals surface area contributed by atoms with E-state index in [1.165, 1.54) is 0 Å². The van der Waals surface area contributed by atoms with E-state index in [0.717, 1.165) is 23.0 Å². The van der Waals surface area contributed by atoms with Gasteiger partial charge in [0.25, 0.3) is 0 Å². The van der Waals surface area contributed by atoms with Gasteiger partial charge in [0.15, 0.2) is 6.29 Å². The van der Waals surface area contributed by atoms with E-state index in [2.05, 4.69) is 15.3 Å². The van der Waals surface area contributed by atoms with Crippen molar-refractivity contribution in [2.24, 2.45) is 0 Å². The molecule has 2 heterocycles. The van der Waals surface area contributed by atoms with Gasteiger partial charge in [0, 0.05) is 24.2 Å². The molecule has 2 rings (SSSR count). The number of hydrogen-bond donors (Lipinski definition) is 2. The zero-order valence-electron chi connectivity index (χ0n) is 7.16. The number of fused-ring (bicyclic) bond motifs is 1. The van der Waals surface area contributed by atoms with E-state index in [0.29, 0.717) is 5.56 Å². The van der Waals surface area contributed by atoms with Crippen molar-refractivity contribution in [1.82, 2.24) is 9.97 Å². The topological polar surface area (TPSA) is 57.8 Å². The maximum absolute atomic E-state index is 10.6. The first-order valence-corrected chi connectivity index (χ1v) is 3.95. The predicted molar refractivity (Wildman–Crippen MR) is 51.0 cm³/mol. The minimum absolute atomic E-state index is 0.639. The van der Waals surface area contributed by atoms with E-state index in [9.17, 15) is 4.79 Å². The molecule has 0 aromatic carbocycles. The van der Waals surface area contributed by atoms with Crippen molar-refractivity contribution in [3.8, 4) is 0 Å². The van der Waals surface area contributed by atoms with Gasteiger partial charge in [-0.3, -0.25) is 4.79 Å². The van der Waals surface area contributed by atoms with Crippen LogP contribution in [0.2, 0.25) is 0 Å². The summed E-state index contributed by atoms with van der Waals surface area (Å²) in [6.45, 7) is 0. The van der Waals surface area contributed by atoms with E-state index in [1.54, 1.807) is 12.4 Å². The molecule has 2 aromatic rings. The smallest absolute Gasteiger partial charge is 0.152 e. The summed E-state index contributed by atoms with van der Waals surface area (Å²) in [6.07, 6.45) is 4.19. The summed E-state index contributed by atoms with van der Waals surface area (Å²) < 4.78 is 0. The molecule has 4 heteroatoms. The van der Waals surface area contributed by atoms with Crippen LogP contribution in [-0.2, 0) is 0 Å². The molecular weight excluding hydrogens is 166 g/mol. The maximum Gasteiger partial charge on any atom is 0.152 e. The van der Waals surface area contributed by atoms with Crippen molar-refractivity contribution in [2.75, 3.05) is 12.4 Å². The Bertz CT molecular complexity index is 447. The van der Waals surface area contributed by atoms with Gasteiger partial charge >= 0.3 is 0 Å². The second kappa shape index (κ2) is 2.90. The summed E-state index contributed by atoms with van der Waals surface area (Å²) in [6, 6.07) is 1.89. The number of carbonyl (C=O) groups excluding carboxylic acids is 1. The second-order valence-electron chi connectivity index (χ2n) is 2.73. The van der Waals surface area contributed by atoms with Crippen LogP contribution >= 0.6 is 0 Å². The number of rotatable bonds is 2. The maximum atomic E-state index is 10.6. The van der Waals surface area contributed by atoms with Gasteiger partial charge in [-0.25, -0.2) is 4.98 Å². The Morgan fingerprint density at radius 2 is 2.46 bits per heavy atom. The Hall–Kier alpha value is -1.84. The molecule has 4 nitrogen and oxygen atoms in total. The van der Waals surface area contributed by atoms with Crippen molar-refractivity contribution in [3.05, 3.63) is 24.0 Å². The third-order valence-corrected chi connectivity index (χ3v) is 1.98. The molecule has 2 aromatic heterocycles. The number of H-pyrrole nitrogens is 1. The largest absolute Gasteiger partial charge is 0.387 e. The molecule has 0 aliphatic carbocycles. The molecule has 0 unspecified atom stereocenters. The van der Waals surface area contributed by atoms with Crippen molar-refractivity contribution in [2.45, 2.75) is 0 Å². The number of nitrogens with zero attached hydrogens (tertiary/aromatic N) is 1. The highest BCUT2D eigenvalue weighted by atomic mass is 16.1. The summed E-state index contributed by atoms with van der Waals surface area (Å²) in [4.78, 5) is 17.7. The van der Waals surface area contributed by atoms with Crippen LogP contribution < -0.4 is 5.32 Å². The Morgan fingerprint density at radius 1 is 1.62 bits per heavy atom. The number of aldehydes is 1. The first-order chi connectivity index (χ1) is 6.35. The second-order valence-corrected chi connectivity index (χ2v) is 2.73.